The Bertz CT molecular complexity index is 633. The monoisotopic (exact) mass is 284 g/mol. The lowest BCUT2D eigenvalue weighted by Crippen LogP contribution is -2.18. The van der Waals surface area contributed by atoms with Gasteiger partial charge in [-0.1, -0.05) is 18.7 Å². The van der Waals surface area contributed by atoms with Gasteiger partial charge in [0.15, 0.2) is 0 Å². The van der Waals surface area contributed by atoms with E-state index >= 15 is 0 Å². The highest BCUT2D eigenvalue weighted by Gasteiger charge is 2.07. The molecule has 5 heteroatoms. The van der Waals surface area contributed by atoms with Crippen molar-refractivity contribution in [2.75, 3.05) is 5.32 Å². The van der Waals surface area contributed by atoms with Crippen LogP contribution in [0.4, 0.5) is 5.69 Å². The third-order valence-corrected chi connectivity index (χ3v) is 3.16. The Labute approximate surface area is 124 Å². The van der Waals surface area contributed by atoms with E-state index in [9.17, 15) is 4.79 Å². The molecule has 0 fully saturated rings. The molecule has 110 valence electrons. The maximum Gasteiger partial charge on any atom is 0.221 e. The number of amides is 1. The van der Waals surface area contributed by atoms with Gasteiger partial charge in [0.1, 0.15) is 0 Å². The van der Waals surface area contributed by atoms with Crippen LogP contribution in [-0.2, 0) is 11.3 Å². The number of nitrogens with one attached hydrogen (secondary N) is 2. The molecule has 1 atom stereocenters. The Kier molecular flexibility index (Phi) is 4.90. The summed E-state index contributed by atoms with van der Waals surface area (Å²) in [6, 6.07) is 8.01. The number of nitrogens with zero attached hydrogens (tertiary/aromatic N) is 2. The second kappa shape index (κ2) is 6.85. The van der Waals surface area contributed by atoms with Crippen LogP contribution >= 0.6 is 0 Å². The molecule has 0 spiro atoms. The van der Waals surface area contributed by atoms with Gasteiger partial charge in [-0.05, 0) is 24.6 Å². The van der Waals surface area contributed by atoms with Gasteiger partial charge in [0, 0.05) is 43.2 Å². The summed E-state index contributed by atoms with van der Waals surface area (Å²) in [5.74, 6) is -0.0652. The quantitative estimate of drug-likeness (QED) is 0.857. The van der Waals surface area contributed by atoms with Crippen LogP contribution in [0.15, 0.2) is 43.2 Å². The van der Waals surface area contributed by atoms with Gasteiger partial charge in [-0.25, -0.2) is 4.68 Å². The van der Waals surface area contributed by atoms with Crippen molar-refractivity contribution in [3.63, 3.8) is 0 Å². The lowest BCUT2D eigenvalue weighted by molar-refractivity contribution is -0.114. The van der Waals surface area contributed by atoms with E-state index in [1.54, 1.807) is 10.9 Å². The number of hydrogen-bond acceptors (Lipinski definition) is 3. The molecule has 1 aromatic carbocycles. The Balaban J connectivity index is 1.97. The van der Waals surface area contributed by atoms with Gasteiger partial charge in [0.25, 0.3) is 0 Å². The maximum atomic E-state index is 11.1. The molecule has 0 aliphatic rings. The Hall–Kier alpha value is -2.40. The fourth-order valence-corrected chi connectivity index (χ4v) is 2.05. The molecule has 0 aliphatic carbocycles. The minimum atomic E-state index is -0.0652. The average molecular weight is 284 g/mol. The molecular weight excluding hydrogens is 264 g/mol. The number of anilines is 1. The summed E-state index contributed by atoms with van der Waals surface area (Å²) >= 11 is 0. The molecule has 2 N–H and O–H groups in total. The predicted molar refractivity (Wildman–Crippen MR) is 84.6 cm³/mol. The third kappa shape index (κ3) is 4.29. The molecule has 5 nitrogen and oxygen atoms in total. The summed E-state index contributed by atoms with van der Waals surface area (Å²) in [5, 5.41) is 10.4. The molecule has 1 aromatic heterocycles. The summed E-state index contributed by atoms with van der Waals surface area (Å²) in [7, 11) is 0. The van der Waals surface area contributed by atoms with Crippen LogP contribution in [0, 0.1) is 0 Å². The second-order valence-electron chi connectivity index (χ2n) is 4.92. The molecule has 0 saturated heterocycles. The molecule has 0 bridgehead atoms. The van der Waals surface area contributed by atoms with E-state index in [-0.39, 0.29) is 11.9 Å². The number of benzene rings is 1. The van der Waals surface area contributed by atoms with Crippen molar-refractivity contribution in [1.82, 2.24) is 15.1 Å². The molecule has 2 aromatic rings. The summed E-state index contributed by atoms with van der Waals surface area (Å²) in [5.41, 5.74) is 3.03. The fraction of sp³-hybridized carbons (Fsp3) is 0.250. The summed E-state index contributed by atoms with van der Waals surface area (Å²) in [6.45, 7) is 7.98. The normalized spacial score (nSPS) is 11.9. The van der Waals surface area contributed by atoms with E-state index < -0.39 is 0 Å². The lowest BCUT2D eigenvalue weighted by Gasteiger charge is -2.15. The summed E-state index contributed by atoms with van der Waals surface area (Å²) in [6.07, 6.45) is 5.40. The van der Waals surface area contributed by atoms with Crippen molar-refractivity contribution in [3.8, 4) is 0 Å². The molecule has 1 heterocycles. The number of carbonyl (C=O) groups excluding carboxylic acids is 1. The number of rotatable bonds is 6. The smallest absolute Gasteiger partial charge is 0.221 e. The van der Waals surface area contributed by atoms with Crippen LogP contribution in [0.2, 0.25) is 0 Å². The Morgan fingerprint density at radius 1 is 1.52 bits per heavy atom. The van der Waals surface area contributed by atoms with E-state index in [0.717, 1.165) is 23.4 Å². The molecule has 2 rings (SSSR count). The van der Waals surface area contributed by atoms with E-state index in [0.29, 0.717) is 0 Å². The van der Waals surface area contributed by atoms with Crippen LogP contribution in [0.5, 0.6) is 0 Å². The van der Waals surface area contributed by atoms with Gasteiger partial charge < -0.3 is 10.6 Å². The van der Waals surface area contributed by atoms with Crippen molar-refractivity contribution in [3.05, 3.63) is 54.4 Å². The van der Waals surface area contributed by atoms with Crippen molar-refractivity contribution < 1.29 is 4.79 Å². The van der Waals surface area contributed by atoms with Crippen molar-refractivity contribution in [2.24, 2.45) is 0 Å². The second-order valence-corrected chi connectivity index (χ2v) is 4.92. The topological polar surface area (TPSA) is 59.0 Å². The van der Waals surface area contributed by atoms with E-state index in [2.05, 4.69) is 29.2 Å². The van der Waals surface area contributed by atoms with Gasteiger partial charge in [-0.2, -0.15) is 5.10 Å². The zero-order chi connectivity index (χ0) is 15.2. The van der Waals surface area contributed by atoms with Crippen LogP contribution in [0.25, 0.3) is 6.20 Å². The highest BCUT2D eigenvalue weighted by Crippen LogP contribution is 2.17. The van der Waals surface area contributed by atoms with Crippen LogP contribution in [0.1, 0.15) is 31.0 Å². The number of carbonyl (C=O) groups is 1. The molecule has 1 unspecified atom stereocenters. The van der Waals surface area contributed by atoms with Gasteiger partial charge in [-0.15, -0.1) is 0 Å². The van der Waals surface area contributed by atoms with Crippen molar-refractivity contribution in [1.29, 1.82) is 0 Å². The van der Waals surface area contributed by atoms with Crippen molar-refractivity contribution >= 4 is 17.8 Å². The first kappa shape index (κ1) is 15.0. The lowest BCUT2D eigenvalue weighted by atomic mass is 10.1. The number of aromatic nitrogens is 2. The van der Waals surface area contributed by atoms with E-state index in [1.807, 2.05) is 36.7 Å². The average Bonchev–Trinajstić information content (AvgIpc) is 2.92. The SMILES string of the molecule is C=Cn1cc(CNC(C)c2cccc(NC(C)=O)c2)cn1. The third-order valence-electron chi connectivity index (χ3n) is 3.16. The van der Waals surface area contributed by atoms with Crippen LogP contribution in [0.3, 0.4) is 0 Å². The summed E-state index contributed by atoms with van der Waals surface area (Å²) < 4.78 is 1.68. The molecule has 0 saturated carbocycles. The van der Waals surface area contributed by atoms with Crippen LogP contribution in [-0.4, -0.2) is 15.7 Å². The maximum absolute atomic E-state index is 11.1. The molecular formula is C16H20N4O. The standard InChI is InChI=1S/C16H20N4O/c1-4-20-11-14(10-18-20)9-17-12(2)15-6-5-7-16(8-15)19-13(3)21/h4-8,10-12,17H,1,9H2,2-3H3,(H,19,21). The Morgan fingerprint density at radius 3 is 3.00 bits per heavy atom. The first-order chi connectivity index (χ1) is 10.1. The molecule has 1 amide bonds. The Morgan fingerprint density at radius 2 is 2.33 bits per heavy atom. The van der Waals surface area contributed by atoms with Gasteiger partial charge >= 0.3 is 0 Å². The van der Waals surface area contributed by atoms with Gasteiger partial charge in [0.05, 0.1) is 6.20 Å². The van der Waals surface area contributed by atoms with Gasteiger partial charge in [0.2, 0.25) is 5.91 Å². The minimum Gasteiger partial charge on any atom is -0.326 e. The zero-order valence-electron chi connectivity index (χ0n) is 12.3. The van der Waals surface area contributed by atoms with E-state index in [4.69, 9.17) is 0 Å². The molecule has 21 heavy (non-hydrogen) atoms. The van der Waals surface area contributed by atoms with E-state index in [1.165, 1.54) is 6.92 Å². The molecule has 0 aliphatic heterocycles. The van der Waals surface area contributed by atoms with Crippen molar-refractivity contribution in [2.45, 2.75) is 26.4 Å². The summed E-state index contributed by atoms with van der Waals surface area (Å²) in [4.78, 5) is 11.1. The fourth-order valence-electron chi connectivity index (χ4n) is 2.05. The van der Waals surface area contributed by atoms with Crippen LogP contribution < -0.4 is 10.6 Å². The predicted octanol–water partition coefficient (Wildman–Crippen LogP) is 2.79. The highest BCUT2D eigenvalue weighted by atomic mass is 16.1. The first-order valence-electron chi connectivity index (χ1n) is 6.85. The zero-order valence-corrected chi connectivity index (χ0v) is 12.3. The van der Waals surface area contributed by atoms with Gasteiger partial charge in [-0.3, -0.25) is 4.79 Å². The molecule has 0 radical (unpaired) electrons. The minimum absolute atomic E-state index is 0.0652. The largest absolute Gasteiger partial charge is 0.326 e. The highest BCUT2D eigenvalue weighted by molar-refractivity contribution is 5.88. The number of hydrogen-bond donors (Lipinski definition) is 2. The first-order valence-corrected chi connectivity index (χ1v) is 6.85.